The fourth-order valence-corrected chi connectivity index (χ4v) is 3.33. The molecular weight excluding hydrogens is 260 g/mol. The second-order valence-electron chi connectivity index (χ2n) is 5.71. The Labute approximate surface area is 123 Å². The van der Waals surface area contributed by atoms with Crippen molar-refractivity contribution in [3.8, 4) is 0 Å². The highest BCUT2D eigenvalue weighted by Crippen LogP contribution is 2.29. The predicted octanol–water partition coefficient (Wildman–Crippen LogP) is 3.55. The highest BCUT2D eigenvalue weighted by molar-refractivity contribution is 6.00. The largest absolute Gasteiger partial charge is 0.294 e. The average Bonchev–Trinajstić information content (AvgIpc) is 3.00. The quantitative estimate of drug-likeness (QED) is 0.778. The molecule has 3 aromatic rings. The lowest BCUT2D eigenvalue weighted by atomic mass is 9.79. The van der Waals surface area contributed by atoms with Gasteiger partial charge in [-0.3, -0.25) is 9.89 Å². The number of aryl methyl sites for hydroxylation is 1. The van der Waals surface area contributed by atoms with E-state index in [4.69, 9.17) is 0 Å². The molecule has 1 atom stereocenters. The number of hydrogen-bond acceptors (Lipinski definition) is 2. The average molecular weight is 276 g/mol. The number of carbonyl (C=O) groups excluding carboxylic acids is 1. The van der Waals surface area contributed by atoms with Crippen molar-refractivity contribution < 1.29 is 4.79 Å². The number of H-pyrrole nitrogens is 1. The maximum atomic E-state index is 12.7. The third-order valence-electron chi connectivity index (χ3n) is 4.46. The Kier molecular flexibility index (Phi) is 2.85. The number of carbonyl (C=O) groups is 1. The number of nitrogens with one attached hydrogen (secondary N) is 1. The first-order valence-electron chi connectivity index (χ1n) is 7.36. The summed E-state index contributed by atoms with van der Waals surface area (Å²) >= 11 is 0. The van der Waals surface area contributed by atoms with Gasteiger partial charge in [-0.2, -0.15) is 5.10 Å². The van der Waals surface area contributed by atoms with E-state index in [2.05, 4.69) is 22.3 Å². The third-order valence-corrected chi connectivity index (χ3v) is 4.46. The molecule has 3 heteroatoms. The van der Waals surface area contributed by atoms with Crippen LogP contribution in [0.4, 0.5) is 0 Å². The molecule has 1 unspecified atom stereocenters. The molecule has 0 saturated carbocycles. The molecule has 104 valence electrons. The highest BCUT2D eigenvalue weighted by atomic mass is 16.1. The van der Waals surface area contributed by atoms with E-state index in [1.165, 1.54) is 11.1 Å². The topological polar surface area (TPSA) is 45.8 Å². The molecule has 21 heavy (non-hydrogen) atoms. The monoisotopic (exact) mass is 276 g/mol. The molecule has 4 rings (SSSR count). The number of fused-ring (bicyclic) bond motifs is 2. The standard InChI is InChI=1S/C18H16N2O/c21-18-14(9-8-12-4-1-2-6-15(12)18)10-13-5-3-7-17-16(13)11-19-20-17/h1-7,11,14H,8-10H2,(H,19,20). The Morgan fingerprint density at radius 2 is 2.05 bits per heavy atom. The second-order valence-corrected chi connectivity index (χ2v) is 5.71. The molecule has 1 aromatic heterocycles. The molecule has 0 aliphatic heterocycles. The summed E-state index contributed by atoms with van der Waals surface area (Å²) in [4.78, 5) is 12.7. The number of Topliss-reactive ketones (excluding diaryl/α,β-unsaturated/α-hetero) is 1. The van der Waals surface area contributed by atoms with Gasteiger partial charge in [0.05, 0.1) is 11.7 Å². The van der Waals surface area contributed by atoms with Gasteiger partial charge in [0.25, 0.3) is 0 Å². The second kappa shape index (κ2) is 4.85. The molecular formula is C18H16N2O. The summed E-state index contributed by atoms with van der Waals surface area (Å²) in [5.41, 5.74) is 4.35. The highest BCUT2D eigenvalue weighted by Gasteiger charge is 2.27. The summed E-state index contributed by atoms with van der Waals surface area (Å²) in [6.45, 7) is 0. The summed E-state index contributed by atoms with van der Waals surface area (Å²) < 4.78 is 0. The van der Waals surface area contributed by atoms with Crippen LogP contribution in [0.25, 0.3) is 10.9 Å². The van der Waals surface area contributed by atoms with E-state index in [0.717, 1.165) is 35.7 Å². The van der Waals surface area contributed by atoms with Crippen LogP contribution in [0.3, 0.4) is 0 Å². The van der Waals surface area contributed by atoms with E-state index in [0.29, 0.717) is 0 Å². The zero-order valence-electron chi connectivity index (χ0n) is 11.7. The summed E-state index contributed by atoms with van der Waals surface area (Å²) in [7, 11) is 0. The van der Waals surface area contributed by atoms with Crippen molar-refractivity contribution in [1.29, 1.82) is 0 Å². The number of ketones is 1. The summed E-state index contributed by atoms with van der Waals surface area (Å²) in [5.74, 6) is 0.373. The van der Waals surface area contributed by atoms with E-state index in [1.54, 1.807) is 0 Å². The Hall–Kier alpha value is -2.42. The van der Waals surface area contributed by atoms with Crippen LogP contribution in [0, 0.1) is 5.92 Å². The number of aromatic amines is 1. The molecule has 0 spiro atoms. The van der Waals surface area contributed by atoms with Crippen molar-refractivity contribution in [2.24, 2.45) is 5.92 Å². The van der Waals surface area contributed by atoms with Crippen LogP contribution in [0.1, 0.15) is 27.9 Å². The lowest BCUT2D eigenvalue weighted by molar-refractivity contribution is 0.0901. The van der Waals surface area contributed by atoms with Crippen LogP contribution in [0.5, 0.6) is 0 Å². The number of hydrogen-bond donors (Lipinski definition) is 1. The van der Waals surface area contributed by atoms with Crippen LogP contribution < -0.4 is 0 Å². The molecule has 0 saturated heterocycles. The maximum absolute atomic E-state index is 12.7. The molecule has 0 radical (unpaired) electrons. The van der Waals surface area contributed by atoms with Crippen LogP contribution >= 0.6 is 0 Å². The number of nitrogens with zero attached hydrogens (tertiary/aromatic N) is 1. The first-order chi connectivity index (χ1) is 10.3. The van der Waals surface area contributed by atoms with Gasteiger partial charge in [0.2, 0.25) is 0 Å². The minimum Gasteiger partial charge on any atom is -0.294 e. The Balaban J connectivity index is 1.67. The van der Waals surface area contributed by atoms with Crippen molar-refractivity contribution in [2.45, 2.75) is 19.3 Å². The van der Waals surface area contributed by atoms with Crippen molar-refractivity contribution in [3.63, 3.8) is 0 Å². The Morgan fingerprint density at radius 1 is 1.14 bits per heavy atom. The fraction of sp³-hybridized carbons (Fsp3) is 0.222. The molecule has 2 aromatic carbocycles. The van der Waals surface area contributed by atoms with E-state index >= 15 is 0 Å². The predicted molar refractivity (Wildman–Crippen MR) is 82.4 cm³/mol. The van der Waals surface area contributed by atoms with Crippen molar-refractivity contribution in [2.75, 3.05) is 0 Å². The van der Waals surface area contributed by atoms with Crippen LogP contribution in [-0.2, 0) is 12.8 Å². The van der Waals surface area contributed by atoms with E-state index in [9.17, 15) is 4.79 Å². The lowest BCUT2D eigenvalue weighted by Gasteiger charge is -2.23. The van der Waals surface area contributed by atoms with Gasteiger partial charge < -0.3 is 0 Å². The minimum atomic E-state index is 0.0837. The SMILES string of the molecule is O=C1c2ccccc2CCC1Cc1cccc2[nH]ncc12. The van der Waals surface area contributed by atoms with Crippen LogP contribution in [0.15, 0.2) is 48.7 Å². The first kappa shape index (κ1) is 12.3. The van der Waals surface area contributed by atoms with E-state index < -0.39 is 0 Å². The van der Waals surface area contributed by atoms with Gasteiger partial charge in [0.1, 0.15) is 0 Å². The Bertz CT molecular complexity index is 819. The van der Waals surface area contributed by atoms with Gasteiger partial charge in [0.15, 0.2) is 5.78 Å². The molecule has 1 N–H and O–H groups in total. The number of aromatic nitrogens is 2. The zero-order chi connectivity index (χ0) is 14.2. The maximum Gasteiger partial charge on any atom is 0.166 e. The molecule has 0 amide bonds. The Morgan fingerprint density at radius 3 is 3.00 bits per heavy atom. The van der Waals surface area contributed by atoms with Crippen LogP contribution in [-0.4, -0.2) is 16.0 Å². The van der Waals surface area contributed by atoms with Crippen LogP contribution in [0.2, 0.25) is 0 Å². The molecule has 1 heterocycles. The fourth-order valence-electron chi connectivity index (χ4n) is 3.33. The summed E-state index contributed by atoms with van der Waals surface area (Å²) in [5, 5.41) is 8.22. The smallest absolute Gasteiger partial charge is 0.166 e. The normalized spacial score (nSPS) is 17.9. The first-order valence-corrected chi connectivity index (χ1v) is 7.36. The van der Waals surface area contributed by atoms with Gasteiger partial charge in [-0.25, -0.2) is 0 Å². The third kappa shape index (κ3) is 2.05. The van der Waals surface area contributed by atoms with Gasteiger partial charge in [-0.15, -0.1) is 0 Å². The molecule has 1 aliphatic carbocycles. The summed E-state index contributed by atoms with van der Waals surface area (Å²) in [6, 6.07) is 14.1. The van der Waals surface area contributed by atoms with Crippen molar-refractivity contribution in [3.05, 3.63) is 65.4 Å². The van der Waals surface area contributed by atoms with Crippen molar-refractivity contribution >= 4 is 16.7 Å². The van der Waals surface area contributed by atoms with Crippen molar-refractivity contribution in [1.82, 2.24) is 10.2 Å². The molecule has 1 aliphatic rings. The van der Waals surface area contributed by atoms with E-state index in [-0.39, 0.29) is 11.7 Å². The van der Waals surface area contributed by atoms with E-state index in [1.807, 2.05) is 36.5 Å². The lowest BCUT2D eigenvalue weighted by Crippen LogP contribution is -2.24. The number of rotatable bonds is 2. The number of benzene rings is 2. The molecule has 0 bridgehead atoms. The molecule has 3 nitrogen and oxygen atoms in total. The van der Waals surface area contributed by atoms with Gasteiger partial charge >= 0.3 is 0 Å². The van der Waals surface area contributed by atoms with Gasteiger partial charge in [-0.1, -0.05) is 36.4 Å². The summed E-state index contributed by atoms with van der Waals surface area (Å²) in [6.07, 6.45) is 4.58. The minimum absolute atomic E-state index is 0.0837. The molecule has 0 fully saturated rings. The van der Waals surface area contributed by atoms with Gasteiger partial charge in [-0.05, 0) is 36.5 Å². The zero-order valence-corrected chi connectivity index (χ0v) is 11.7. The van der Waals surface area contributed by atoms with Gasteiger partial charge in [0, 0.05) is 16.9 Å².